The molecule has 0 aromatic carbocycles. The SMILES string of the molecule is CCc1nsc(N2CCSCC2CC(=O)O)n1. The van der Waals surface area contributed by atoms with Crippen molar-refractivity contribution in [2.24, 2.45) is 0 Å². The van der Waals surface area contributed by atoms with Gasteiger partial charge >= 0.3 is 5.97 Å². The monoisotopic (exact) mass is 273 g/mol. The minimum Gasteiger partial charge on any atom is -0.481 e. The minimum absolute atomic E-state index is 0.0453. The molecule has 1 unspecified atom stereocenters. The Bertz CT molecular complexity index is 397. The van der Waals surface area contributed by atoms with Crippen LogP contribution in [0.4, 0.5) is 5.13 Å². The number of hydrogen-bond donors (Lipinski definition) is 1. The average molecular weight is 273 g/mol. The van der Waals surface area contributed by atoms with Crippen LogP contribution in [0.1, 0.15) is 19.2 Å². The number of aromatic nitrogens is 2. The zero-order valence-electron chi connectivity index (χ0n) is 9.63. The molecule has 2 rings (SSSR count). The van der Waals surface area contributed by atoms with Crippen molar-refractivity contribution >= 4 is 34.4 Å². The summed E-state index contributed by atoms with van der Waals surface area (Å²) in [7, 11) is 0. The van der Waals surface area contributed by atoms with Crippen LogP contribution in [0.3, 0.4) is 0 Å². The van der Waals surface area contributed by atoms with Gasteiger partial charge in [-0.3, -0.25) is 4.79 Å². The van der Waals surface area contributed by atoms with Crippen molar-refractivity contribution in [1.29, 1.82) is 0 Å². The Morgan fingerprint density at radius 2 is 2.47 bits per heavy atom. The van der Waals surface area contributed by atoms with Crippen molar-refractivity contribution in [2.75, 3.05) is 23.0 Å². The summed E-state index contributed by atoms with van der Waals surface area (Å²) >= 11 is 3.18. The second-order valence-corrected chi connectivity index (χ2v) is 5.75. The van der Waals surface area contributed by atoms with Gasteiger partial charge in [-0.05, 0) is 0 Å². The normalized spacial score (nSPS) is 20.5. The van der Waals surface area contributed by atoms with Crippen LogP contribution in [0, 0.1) is 0 Å². The van der Waals surface area contributed by atoms with Crippen LogP contribution in [-0.2, 0) is 11.2 Å². The molecule has 0 saturated carbocycles. The van der Waals surface area contributed by atoms with E-state index in [1.165, 1.54) is 11.5 Å². The Morgan fingerprint density at radius 3 is 3.12 bits per heavy atom. The van der Waals surface area contributed by atoms with Gasteiger partial charge in [0.2, 0.25) is 5.13 Å². The Kier molecular flexibility index (Phi) is 4.22. The summed E-state index contributed by atoms with van der Waals surface area (Å²) in [6.45, 7) is 2.88. The van der Waals surface area contributed by atoms with Gasteiger partial charge in [0, 0.05) is 36.0 Å². The van der Waals surface area contributed by atoms with Gasteiger partial charge in [-0.25, -0.2) is 4.98 Å². The summed E-state index contributed by atoms with van der Waals surface area (Å²) in [5.41, 5.74) is 0. The molecule has 1 saturated heterocycles. The largest absolute Gasteiger partial charge is 0.481 e. The molecule has 1 aromatic heterocycles. The molecule has 1 aliphatic rings. The maximum atomic E-state index is 10.8. The van der Waals surface area contributed by atoms with Crippen LogP contribution >= 0.6 is 23.3 Å². The highest BCUT2D eigenvalue weighted by Gasteiger charge is 2.27. The lowest BCUT2D eigenvalue weighted by Gasteiger charge is -2.33. The molecule has 1 atom stereocenters. The molecule has 0 spiro atoms. The number of anilines is 1. The third-order valence-electron chi connectivity index (χ3n) is 2.66. The third-order valence-corrected chi connectivity index (χ3v) is 4.54. The molecule has 1 N–H and O–H groups in total. The fraction of sp³-hybridized carbons (Fsp3) is 0.700. The number of carboxylic acid groups (broad SMARTS) is 1. The molecule has 0 bridgehead atoms. The fourth-order valence-electron chi connectivity index (χ4n) is 1.78. The number of rotatable bonds is 4. The Labute approximate surface area is 108 Å². The van der Waals surface area contributed by atoms with Crippen LogP contribution < -0.4 is 4.90 Å². The molecule has 0 amide bonds. The predicted molar refractivity (Wildman–Crippen MR) is 70.0 cm³/mol. The van der Waals surface area contributed by atoms with E-state index in [2.05, 4.69) is 14.3 Å². The highest BCUT2D eigenvalue weighted by Crippen LogP contribution is 2.27. The molecule has 2 heterocycles. The maximum Gasteiger partial charge on any atom is 0.305 e. The lowest BCUT2D eigenvalue weighted by atomic mass is 10.2. The standard InChI is InChI=1S/C10H15N3O2S2/c1-2-8-11-10(17-12-8)13-3-4-16-6-7(13)5-9(14)15/h7H,2-6H2,1H3,(H,14,15). The van der Waals surface area contributed by atoms with Crippen LogP contribution in [0.2, 0.25) is 0 Å². The van der Waals surface area contributed by atoms with E-state index in [1.807, 2.05) is 18.7 Å². The highest BCUT2D eigenvalue weighted by molar-refractivity contribution is 7.99. The first-order valence-corrected chi connectivity index (χ1v) is 7.52. The van der Waals surface area contributed by atoms with Crippen molar-refractivity contribution < 1.29 is 9.90 Å². The summed E-state index contributed by atoms with van der Waals surface area (Å²) in [6.07, 6.45) is 0.997. The first-order valence-electron chi connectivity index (χ1n) is 5.59. The van der Waals surface area contributed by atoms with Crippen molar-refractivity contribution in [1.82, 2.24) is 9.36 Å². The van der Waals surface area contributed by atoms with Crippen LogP contribution in [-0.4, -0.2) is 44.5 Å². The van der Waals surface area contributed by atoms with Crippen molar-refractivity contribution in [2.45, 2.75) is 25.8 Å². The van der Waals surface area contributed by atoms with Crippen LogP contribution in [0.15, 0.2) is 0 Å². The highest BCUT2D eigenvalue weighted by atomic mass is 32.2. The second kappa shape index (κ2) is 5.68. The summed E-state index contributed by atoms with van der Waals surface area (Å²) in [5.74, 6) is 1.98. The predicted octanol–water partition coefficient (Wildman–Crippen LogP) is 1.50. The van der Waals surface area contributed by atoms with Crippen molar-refractivity contribution in [3.63, 3.8) is 0 Å². The molecular formula is C10H15N3O2S2. The van der Waals surface area contributed by atoms with Gasteiger partial charge in [-0.2, -0.15) is 16.1 Å². The first kappa shape index (κ1) is 12.6. The average Bonchev–Trinajstić information content (AvgIpc) is 2.77. The van der Waals surface area contributed by atoms with E-state index in [9.17, 15) is 4.79 Å². The van der Waals surface area contributed by atoms with E-state index >= 15 is 0 Å². The zero-order chi connectivity index (χ0) is 12.3. The molecule has 7 heteroatoms. The topological polar surface area (TPSA) is 66.3 Å². The van der Waals surface area contributed by atoms with Gasteiger partial charge in [-0.15, -0.1) is 0 Å². The number of thioether (sulfide) groups is 1. The van der Waals surface area contributed by atoms with Crippen molar-refractivity contribution in [3.8, 4) is 0 Å². The molecule has 1 aliphatic heterocycles. The number of aliphatic carboxylic acids is 1. The molecule has 17 heavy (non-hydrogen) atoms. The summed E-state index contributed by atoms with van der Waals surface area (Å²) in [4.78, 5) is 17.4. The minimum atomic E-state index is -0.747. The van der Waals surface area contributed by atoms with Crippen molar-refractivity contribution in [3.05, 3.63) is 5.82 Å². The van der Waals surface area contributed by atoms with E-state index in [0.717, 1.165) is 35.4 Å². The summed E-state index contributed by atoms with van der Waals surface area (Å²) in [5, 5.41) is 9.78. The number of hydrogen-bond acceptors (Lipinski definition) is 6. The van der Waals surface area contributed by atoms with E-state index in [4.69, 9.17) is 5.11 Å². The van der Waals surface area contributed by atoms with Gasteiger partial charge in [0.1, 0.15) is 5.82 Å². The molecule has 1 aromatic rings. The Balaban J connectivity index is 2.12. The Morgan fingerprint density at radius 1 is 1.65 bits per heavy atom. The molecule has 5 nitrogen and oxygen atoms in total. The molecule has 0 radical (unpaired) electrons. The quantitative estimate of drug-likeness (QED) is 0.896. The van der Waals surface area contributed by atoms with Gasteiger partial charge in [0.05, 0.1) is 12.5 Å². The molecular weight excluding hydrogens is 258 g/mol. The van der Waals surface area contributed by atoms with Crippen LogP contribution in [0.5, 0.6) is 0 Å². The fourth-order valence-corrected chi connectivity index (χ4v) is 3.69. The lowest BCUT2D eigenvalue weighted by molar-refractivity contribution is -0.137. The molecule has 1 fully saturated rings. The number of aryl methyl sites for hydroxylation is 1. The van der Waals surface area contributed by atoms with E-state index in [0.29, 0.717) is 0 Å². The number of nitrogens with zero attached hydrogens (tertiary/aromatic N) is 3. The van der Waals surface area contributed by atoms with E-state index in [1.54, 1.807) is 0 Å². The molecule has 94 valence electrons. The Hall–Kier alpha value is -0.820. The first-order chi connectivity index (χ1) is 8.20. The molecule has 0 aliphatic carbocycles. The summed E-state index contributed by atoms with van der Waals surface area (Å²) in [6, 6.07) is 0.0453. The van der Waals surface area contributed by atoms with Gasteiger partial charge in [-0.1, -0.05) is 6.92 Å². The number of carboxylic acids is 1. The third kappa shape index (κ3) is 3.10. The van der Waals surface area contributed by atoms with E-state index in [-0.39, 0.29) is 12.5 Å². The maximum absolute atomic E-state index is 10.8. The number of carbonyl (C=O) groups is 1. The lowest BCUT2D eigenvalue weighted by Crippen LogP contribution is -2.43. The van der Waals surface area contributed by atoms with Gasteiger partial charge in [0.25, 0.3) is 0 Å². The van der Waals surface area contributed by atoms with Crippen LogP contribution in [0.25, 0.3) is 0 Å². The van der Waals surface area contributed by atoms with Gasteiger partial charge < -0.3 is 10.0 Å². The second-order valence-electron chi connectivity index (χ2n) is 3.87. The summed E-state index contributed by atoms with van der Waals surface area (Å²) < 4.78 is 4.26. The van der Waals surface area contributed by atoms with Gasteiger partial charge in [0.15, 0.2) is 0 Å². The van der Waals surface area contributed by atoms with E-state index < -0.39 is 5.97 Å². The smallest absolute Gasteiger partial charge is 0.305 e. The zero-order valence-corrected chi connectivity index (χ0v) is 11.3.